The van der Waals surface area contributed by atoms with Gasteiger partial charge in [-0.05, 0) is 37.0 Å². The molecule has 2 rings (SSSR count). The zero-order valence-electron chi connectivity index (χ0n) is 10.9. The minimum absolute atomic E-state index is 0.321. The summed E-state index contributed by atoms with van der Waals surface area (Å²) in [6.45, 7) is 6.91. The van der Waals surface area contributed by atoms with E-state index in [2.05, 4.69) is 26.1 Å². The molecule has 0 aromatic heterocycles. The van der Waals surface area contributed by atoms with E-state index in [0.29, 0.717) is 29.2 Å². The molecule has 2 fully saturated rings. The smallest absolute Gasteiger partial charge is 0.223 e. The minimum Gasteiger partial charge on any atom is -0.353 e. The van der Waals surface area contributed by atoms with Crippen LogP contribution in [0.2, 0.25) is 0 Å². The lowest BCUT2D eigenvalue weighted by atomic mass is 9.69. The van der Waals surface area contributed by atoms with Gasteiger partial charge in [0.2, 0.25) is 5.91 Å². The van der Waals surface area contributed by atoms with Crippen LogP contribution in [0.25, 0.3) is 0 Å². The predicted molar refractivity (Wildman–Crippen MR) is 66.1 cm³/mol. The third-order valence-corrected chi connectivity index (χ3v) is 4.15. The lowest BCUT2D eigenvalue weighted by Crippen LogP contribution is -2.47. The van der Waals surface area contributed by atoms with Crippen molar-refractivity contribution in [2.24, 2.45) is 17.3 Å². The van der Waals surface area contributed by atoms with Crippen LogP contribution in [0.5, 0.6) is 0 Å². The van der Waals surface area contributed by atoms with Crippen LogP contribution in [0, 0.1) is 17.3 Å². The van der Waals surface area contributed by atoms with Gasteiger partial charge in [0.1, 0.15) is 0 Å². The Hall–Kier alpha value is -0.530. The number of nitrogens with one attached hydrogen (secondary N) is 1. The van der Waals surface area contributed by atoms with Crippen molar-refractivity contribution in [2.75, 3.05) is 0 Å². The van der Waals surface area contributed by atoms with Gasteiger partial charge in [-0.15, -0.1) is 0 Å². The van der Waals surface area contributed by atoms with E-state index in [9.17, 15) is 4.79 Å². The largest absolute Gasteiger partial charge is 0.353 e. The summed E-state index contributed by atoms with van der Waals surface area (Å²) < 4.78 is 0. The van der Waals surface area contributed by atoms with E-state index in [1.807, 2.05) is 0 Å². The molecule has 92 valence electrons. The number of amides is 1. The molecule has 0 saturated heterocycles. The predicted octanol–water partition coefficient (Wildman–Crippen LogP) is 3.12. The Morgan fingerprint density at radius 1 is 1.06 bits per heavy atom. The van der Waals surface area contributed by atoms with Crippen molar-refractivity contribution < 1.29 is 4.79 Å². The standard InChI is InChI=1S/C14H25NO/c1-14(2,3)11-6-4-5-7-12(11)15-13(16)10-8-9-10/h10-12H,4-9H2,1-3H3,(H,15,16). The summed E-state index contributed by atoms with van der Waals surface area (Å²) >= 11 is 0. The van der Waals surface area contributed by atoms with Crippen molar-refractivity contribution >= 4 is 5.91 Å². The number of carbonyl (C=O) groups is 1. The topological polar surface area (TPSA) is 29.1 Å². The highest BCUT2D eigenvalue weighted by atomic mass is 16.2. The van der Waals surface area contributed by atoms with Crippen molar-refractivity contribution in [3.63, 3.8) is 0 Å². The summed E-state index contributed by atoms with van der Waals surface area (Å²) in [5, 5.41) is 3.30. The van der Waals surface area contributed by atoms with Gasteiger partial charge in [0.25, 0.3) is 0 Å². The second kappa shape index (κ2) is 4.38. The average molecular weight is 223 g/mol. The van der Waals surface area contributed by atoms with Crippen LogP contribution < -0.4 is 5.32 Å². The van der Waals surface area contributed by atoms with Crippen LogP contribution in [-0.2, 0) is 4.79 Å². The molecule has 0 spiro atoms. The zero-order chi connectivity index (χ0) is 11.8. The van der Waals surface area contributed by atoms with Crippen LogP contribution >= 0.6 is 0 Å². The first-order valence-corrected chi connectivity index (χ1v) is 6.79. The third-order valence-electron chi connectivity index (χ3n) is 4.15. The molecule has 2 unspecified atom stereocenters. The van der Waals surface area contributed by atoms with Crippen LogP contribution in [0.15, 0.2) is 0 Å². The first-order chi connectivity index (χ1) is 7.48. The Labute approximate surface area is 99.2 Å². The van der Waals surface area contributed by atoms with Gasteiger partial charge in [-0.1, -0.05) is 33.6 Å². The molecule has 1 amide bonds. The fourth-order valence-corrected chi connectivity index (χ4v) is 2.99. The van der Waals surface area contributed by atoms with E-state index < -0.39 is 0 Å². The zero-order valence-corrected chi connectivity index (χ0v) is 10.9. The van der Waals surface area contributed by atoms with Crippen molar-refractivity contribution in [2.45, 2.75) is 65.3 Å². The molecule has 0 aromatic carbocycles. The van der Waals surface area contributed by atoms with E-state index in [1.165, 1.54) is 25.7 Å². The average Bonchev–Trinajstić information content (AvgIpc) is 2.99. The Morgan fingerprint density at radius 3 is 2.25 bits per heavy atom. The summed E-state index contributed by atoms with van der Waals surface area (Å²) in [5.41, 5.74) is 0.321. The molecule has 0 aromatic rings. The fraction of sp³-hybridized carbons (Fsp3) is 0.929. The van der Waals surface area contributed by atoms with Crippen molar-refractivity contribution in [3.8, 4) is 0 Å². The lowest BCUT2D eigenvalue weighted by Gasteiger charge is -2.40. The summed E-state index contributed by atoms with van der Waals surface area (Å²) in [6.07, 6.45) is 7.29. The maximum Gasteiger partial charge on any atom is 0.223 e. The molecule has 2 aliphatic rings. The molecule has 0 heterocycles. The lowest BCUT2D eigenvalue weighted by molar-refractivity contribution is -0.124. The quantitative estimate of drug-likeness (QED) is 0.765. The van der Waals surface area contributed by atoms with Crippen molar-refractivity contribution in [3.05, 3.63) is 0 Å². The number of hydrogen-bond donors (Lipinski definition) is 1. The molecule has 0 bridgehead atoms. The molecular formula is C14H25NO. The van der Waals surface area contributed by atoms with Gasteiger partial charge < -0.3 is 5.32 Å². The highest BCUT2D eigenvalue weighted by Crippen LogP contribution is 2.38. The van der Waals surface area contributed by atoms with E-state index in [1.54, 1.807) is 0 Å². The van der Waals surface area contributed by atoms with Crippen molar-refractivity contribution in [1.29, 1.82) is 0 Å². The third kappa shape index (κ3) is 2.78. The first-order valence-electron chi connectivity index (χ1n) is 6.79. The van der Waals surface area contributed by atoms with E-state index >= 15 is 0 Å². The maximum atomic E-state index is 11.8. The number of rotatable bonds is 2. The number of hydrogen-bond acceptors (Lipinski definition) is 1. The molecule has 0 radical (unpaired) electrons. The highest BCUT2D eigenvalue weighted by Gasteiger charge is 2.37. The minimum atomic E-state index is 0.321. The van der Waals surface area contributed by atoms with Gasteiger partial charge >= 0.3 is 0 Å². The van der Waals surface area contributed by atoms with Crippen LogP contribution in [-0.4, -0.2) is 11.9 Å². The fourth-order valence-electron chi connectivity index (χ4n) is 2.99. The van der Waals surface area contributed by atoms with Gasteiger partial charge in [-0.2, -0.15) is 0 Å². The Morgan fingerprint density at radius 2 is 1.69 bits per heavy atom. The molecule has 2 nitrogen and oxygen atoms in total. The van der Waals surface area contributed by atoms with Gasteiger partial charge in [0, 0.05) is 12.0 Å². The monoisotopic (exact) mass is 223 g/mol. The summed E-state index contributed by atoms with van der Waals surface area (Å²) in [4.78, 5) is 11.8. The molecular weight excluding hydrogens is 198 g/mol. The van der Waals surface area contributed by atoms with Gasteiger partial charge in [-0.3, -0.25) is 4.79 Å². The van der Waals surface area contributed by atoms with E-state index in [-0.39, 0.29) is 0 Å². The SMILES string of the molecule is CC(C)(C)C1CCCCC1NC(=O)C1CC1. The summed E-state index contributed by atoms with van der Waals surface area (Å²) in [7, 11) is 0. The molecule has 16 heavy (non-hydrogen) atoms. The van der Waals surface area contributed by atoms with Gasteiger partial charge in [0.05, 0.1) is 0 Å². The summed E-state index contributed by atoms with van der Waals surface area (Å²) in [6, 6.07) is 0.432. The normalized spacial score (nSPS) is 31.2. The Bertz CT molecular complexity index is 262. The Kier molecular flexibility index (Phi) is 3.27. The van der Waals surface area contributed by atoms with Crippen LogP contribution in [0.1, 0.15) is 59.3 Å². The molecule has 0 aliphatic heterocycles. The molecule has 2 heteroatoms. The van der Waals surface area contributed by atoms with Crippen LogP contribution in [0.4, 0.5) is 0 Å². The number of carbonyl (C=O) groups excluding carboxylic acids is 1. The maximum absolute atomic E-state index is 11.8. The van der Waals surface area contributed by atoms with Gasteiger partial charge in [0.15, 0.2) is 0 Å². The van der Waals surface area contributed by atoms with Gasteiger partial charge in [-0.25, -0.2) is 0 Å². The highest BCUT2D eigenvalue weighted by molar-refractivity contribution is 5.81. The molecule has 1 N–H and O–H groups in total. The Balaban J connectivity index is 1.95. The van der Waals surface area contributed by atoms with Crippen LogP contribution in [0.3, 0.4) is 0 Å². The van der Waals surface area contributed by atoms with E-state index in [0.717, 1.165) is 12.8 Å². The molecule has 2 aliphatic carbocycles. The summed E-state index contributed by atoms with van der Waals surface area (Å²) in [5.74, 6) is 1.33. The molecule has 2 saturated carbocycles. The van der Waals surface area contributed by atoms with E-state index in [4.69, 9.17) is 0 Å². The first kappa shape index (κ1) is 11.9. The van der Waals surface area contributed by atoms with Crippen molar-refractivity contribution in [1.82, 2.24) is 5.32 Å². The second-order valence-electron chi connectivity index (χ2n) is 6.65. The second-order valence-corrected chi connectivity index (χ2v) is 6.65. The molecule has 2 atom stereocenters.